The lowest BCUT2D eigenvalue weighted by molar-refractivity contribution is 0.0950. The van der Waals surface area contributed by atoms with Gasteiger partial charge in [0.15, 0.2) is 0 Å². The number of imidazole rings is 1. The number of hydrogen-bond donors (Lipinski definition) is 2. The number of anilines is 2. The van der Waals surface area contributed by atoms with Crippen molar-refractivity contribution in [2.45, 2.75) is 20.4 Å². The average Bonchev–Trinajstić information content (AvgIpc) is 3.08. The Morgan fingerprint density at radius 1 is 1.14 bits per heavy atom. The van der Waals surface area contributed by atoms with Gasteiger partial charge in [-0.1, -0.05) is 23.8 Å². The molecule has 7 nitrogen and oxygen atoms in total. The van der Waals surface area contributed by atoms with Gasteiger partial charge < -0.3 is 9.88 Å². The fourth-order valence-electron chi connectivity index (χ4n) is 2.82. The number of carbonyl (C=O) groups is 1. The molecular weight excluding hydrogens is 376 g/mol. The second-order valence-electron chi connectivity index (χ2n) is 6.60. The van der Waals surface area contributed by atoms with E-state index in [4.69, 9.17) is 0 Å². The molecule has 1 aromatic heterocycles. The van der Waals surface area contributed by atoms with E-state index in [1.165, 1.54) is 4.31 Å². The highest BCUT2D eigenvalue weighted by molar-refractivity contribution is 7.74. The van der Waals surface area contributed by atoms with Crippen LogP contribution in [0, 0.1) is 13.8 Å². The monoisotopic (exact) mass is 398 g/mol. The topological polar surface area (TPSA) is 84.3 Å². The summed E-state index contributed by atoms with van der Waals surface area (Å²) in [5, 5.41) is 2.81. The van der Waals surface area contributed by atoms with E-state index in [-0.39, 0.29) is 5.91 Å². The number of hydrogen-bond acceptors (Lipinski definition) is 4. The van der Waals surface area contributed by atoms with Crippen LogP contribution in [0.25, 0.3) is 0 Å². The maximum atomic E-state index is 12.5. The zero-order chi connectivity index (χ0) is 20.3. The van der Waals surface area contributed by atoms with Gasteiger partial charge in [0.25, 0.3) is 5.91 Å². The summed E-state index contributed by atoms with van der Waals surface area (Å²) >= 11 is 0. The van der Waals surface area contributed by atoms with Gasteiger partial charge in [0.1, 0.15) is 0 Å². The summed E-state index contributed by atoms with van der Waals surface area (Å²) in [5.41, 5.74) is 3.88. The van der Waals surface area contributed by atoms with E-state index in [9.17, 15) is 13.2 Å². The van der Waals surface area contributed by atoms with Crippen molar-refractivity contribution < 1.29 is 13.2 Å². The van der Waals surface area contributed by atoms with Crippen LogP contribution < -0.4 is 9.62 Å². The van der Waals surface area contributed by atoms with Gasteiger partial charge in [-0.2, -0.15) is 0 Å². The molecular formula is C20H22N4O3S. The number of amides is 1. The molecule has 0 unspecified atom stereocenters. The van der Waals surface area contributed by atoms with Crippen LogP contribution in [0.5, 0.6) is 0 Å². The molecule has 1 N–H and O–H groups in total. The fraction of sp³-hybridized carbons (Fsp3) is 0.200. The SMILES string of the molecule is Cc1ccc(N(c2cc(C(=O)NCc3cn(C)cn3)ccc2C)[SH](=O)=O)cc1. The summed E-state index contributed by atoms with van der Waals surface area (Å²) in [4.78, 5) is 16.7. The minimum Gasteiger partial charge on any atom is -0.346 e. The van der Waals surface area contributed by atoms with Crippen LogP contribution in [-0.2, 0) is 24.5 Å². The van der Waals surface area contributed by atoms with Crippen molar-refractivity contribution in [3.05, 3.63) is 77.4 Å². The van der Waals surface area contributed by atoms with E-state index in [0.717, 1.165) is 16.8 Å². The van der Waals surface area contributed by atoms with Crippen LogP contribution in [0.15, 0.2) is 55.0 Å². The molecule has 2 aromatic carbocycles. The minimum atomic E-state index is -2.93. The summed E-state index contributed by atoms with van der Waals surface area (Å²) in [6.07, 6.45) is 3.48. The number of rotatable bonds is 6. The molecule has 1 amide bonds. The van der Waals surface area contributed by atoms with E-state index in [1.54, 1.807) is 41.2 Å². The number of nitrogens with one attached hydrogen (secondary N) is 1. The lowest BCUT2D eigenvalue weighted by Crippen LogP contribution is -2.24. The number of aryl methyl sites for hydroxylation is 3. The zero-order valence-corrected chi connectivity index (χ0v) is 16.8. The molecule has 0 aliphatic heterocycles. The highest BCUT2D eigenvalue weighted by atomic mass is 32.2. The normalized spacial score (nSPS) is 10.9. The summed E-state index contributed by atoms with van der Waals surface area (Å²) in [5.74, 6) is -0.295. The molecule has 28 heavy (non-hydrogen) atoms. The van der Waals surface area contributed by atoms with Crippen LogP contribution in [0.2, 0.25) is 0 Å². The van der Waals surface area contributed by atoms with E-state index in [2.05, 4.69) is 10.3 Å². The van der Waals surface area contributed by atoms with Gasteiger partial charge in [0.05, 0.1) is 29.9 Å². The Bertz CT molecular complexity index is 1060. The smallest absolute Gasteiger partial charge is 0.251 e. The fourth-order valence-corrected chi connectivity index (χ4v) is 3.53. The molecule has 1 heterocycles. The Balaban J connectivity index is 1.88. The van der Waals surface area contributed by atoms with Gasteiger partial charge in [-0.3, -0.25) is 4.79 Å². The summed E-state index contributed by atoms with van der Waals surface area (Å²) in [6.45, 7) is 4.04. The predicted octanol–water partition coefficient (Wildman–Crippen LogP) is 2.63. The van der Waals surface area contributed by atoms with Gasteiger partial charge in [0.2, 0.25) is 10.9 Å². The maximum Gasteiger partial charge on any atom is 0.251 e. The van der Waals surface area contributed by atoms with Crippen molar-refractivity contribution in [2.75, 3.05) is 4.31 Å². The Morgan fingerprint density at radius 2 is 1.86 bits per heavy atom. The van der Waals surface area contributed by atoms with Gasteiger partial charge in [-0.25, -0.2) is 17.7 Å². The van der Waals surface area contributed by atoms with Gasteiger partial charge in [0, 0.05) is 18.8 Å². The third kappa shape index (κ3) is 4.40. The molecule has 0 radical (unpaired) electrons. The van der Waals surface area contributed by atoms with Crippen molar-refractivity contribution in [3.63, 3.8) is 0 Å². The predicted molar refractivity (Wildman–Crippen MR) is 109 cm³/mol. The van der Waals surface area contributed by atoms with Gasteiger partial charge in [-0.05, 0) is 43.7 Å². The summed E-state index contributed by atoms with van der Waals surface area (Å²) in [6, 6.07) is 12.2. The first kappa shape index (κ1) is 19.6. The quantitative estimate of drug-likeness (QED) is 0.625. The molecule has 0 atom stereocenters. The number of aromatic nitrogens is 2. The van der Waals surface area contributed by atoms with E-state index >= 15 is 0 Å². The number of carbonyl (C=O) groups excluding carboxylic acids is 1. The van der Waals surface area contributed by atoms with Crippen LogP contribution in [0.4, 0.5) is 11.4 Å². The van der Waals surface area contributed by atoms with Crippen LogP contribution >= 0.6 is 0 Å². The molecule has 0 aliphatic rings. The molecule has 0 saturated carbocycles. The van der Waals surface area contributed by atoms with Gasteiger partial charge in [-0.15, -0.1) is 0 Å². The number of thiol groups is 1. The first-order valence-electron chi connectivity index (χ1n) is 8.72. The first-order chi connectivity index (χ1) is 13.3. The highest BCUT2D eigenvalue weighted by Crippen LogP contribution is 2.30. The maximum absolute atomic E-state index is 12.5. The van der Waals surface area contributed by atoms with Crippen molar-refractivity contribution in [2.24, 2.45) is 7.05 Å². The van der Waals surface area contributed by atoms with Crippen LogP contribution in [-0.4, -0.2) is 23.9 Å². The third-order valence-electron chi connectivity index (χ3n) is 4.33. The Hall–Kier alpha value is -3.13. The van der Waals surface area contributed by atoms with Crippen molar-refractivity contribution >= 4 is 28.2 Å². The zero-order valence-electron chi connectivity index (χ0n) is 15.9. The van der Waals surface area contributed by atoms with Crippen molar-refractivity contribution in [3.8, 4) is 0 Å². The first-order valence-corrected chi connectivity index (χ1v) is 9.85. The molecule has 0 fully saturated rings. The van der Waals surface area contributed by atoms with Crippen LogP contribution in [0.1, 0.15) is 27.2 Å². The summed E-state index contributed by atoms with van der Waals surface area (Å²) in [7, 11) is -1.07. The highest BCUT2D eigenvalue weighted by Gasteiger charge is 2.17. The molecule has 3 aromatic rings. The van der Waals surface area contributed by atoms with Crippen LogP contribution in [0.3, 0.4) is 0 Å². The van der Waals surface area contributed by atoms with Crippen molar-refractivity contribution in [1.82, 2.24) is 14.9 Å². The minimum absolute atomic E-state index is 0.292. The Labute approximate surface area is 165 Å². The molecule has 0 aliphatic carbocycles. The van der Waals surface area contributed by atoms with E-state index in [0.29, 0.717) is 23.5 Å². The standard InChI is InChI=1S/C20H22N4O3S/c1-14-4-8-18(9-5-14)24(28(26)27)19-10-16(7-6-15(19)2)20(25)21-11-17-12-23(3)13-22-17/h4-10,12-13,28H,11H2,1-3H3,(H,21,25). The molecule has 8 heteroatoms. The third-order valence-corrected chi connectivity index (χ3v) is 5.10. The molecule has 146 valence electrons. The molecule has 0 saturated heterocycles. The lowest BCUT2D eigenvalue weighted by atomic mass is 10.1. The second kappa shape index (κ2) is 8.26. The van der Waals surface area contributed by atoms with E-state index < -0.39 is 10.9 Å². The Kier molecular flexibility index (Phi) is 5.79. The van der Waals surface area contributed by atoms with Crippen molar-refractivity contribution in [1.29, 1.82) is 0 Å². The number of benzene rings is 2. The molecule has 0 spiro atoms. The molecule has 0 bridgehead atoms. The Morgan fingerprint density at radius 3 is 2.46 bits per heavy atom. The van der Waals surface area contributed by atoms with E-state index in [1.807, 2.05) is 39.2 Å². The average molecular weight is 398 g/mol. The lowest BCUT2D eigenvalue weighted by Gasteiger charge is -2.21. The molecule has 3 rings (SSSR count). The largest absolute Gasteiger partial charge is 0.346 e. The summed E-state index contributed by atoms with van der Waals surface area (Å²) < 4.78 is 27.0. The van der Waals surface area contributed by atoms with Gasteiger partial charge >= 0.3 is 0 Å². The number of nitrogens with zero attached hydrogens (tertiary/aromatic N) is 3. The second-order valence-corrected chi connectivity index (χ2v) is 7.48.